The maximum absolute atomic E-state index is 3.66. The van der Waals surface area contributed by atoms with E-state index in [0.29, 0.717) is 6.04 Å². The van der Waals surface area contributed by atoms with Crippen LogP contribution in [-0.4, -0.2) is 6.54 Å². The van der Waals surface area contributed by atoms with Crippen LogP contribution in [0.1, 0.15) is 69.7 Å². The lowest BCUT2D eigenvalue weighted by molar-refractivity contribution is 0.500. The first kappa shape index (κ1) is 14.7. The molecule has 1 nitrogen and oxygen atoms in total. The molecule has 98 valence electrons. The second kappa shape index (κ2) is 6.55. The molecule has 1 unspecified atom stereocenters. The molecule has 1 rings (SSSR count). The Morgan fingerprint density at radius 3 is 2.35 bits per heavy atom. The number of hydrogen-bond acceptors (Lipinski definition) is 2. The van der Waals surface area contributed by atoms with Crippen molar-refractivity contribution in [1.29, 1.82) is 0 Å². The molecule has 0 fully saturated rings. The minimum atomic E-state index is 0.282. The van der Waals surface area contributed by atoms with Crippen LogP contribution < -0.4 is 5.32 Å². The van der Waals surface area contributed by atoms with Crippen molar-refractivity contribution in [3.63, 3.8) is 0 Å². The first-order valence-electron chi connectivity index (χ1n) is 6.82. The average molecular weight is 253 g/mol. The highest BCUT2D eigenvalue weighted by Crippen LogP contribution is 2.33. The lowest BCUT2D eigenvalue weighted by Gasteiger charge is -2.18. The van der Waals surface area contributed by atoms with Gasteiger partial charge in [0, 0.05) is 15.8 Å². The van der Waals surface area contributed by atoms with Crippen LogP contribution in [0, 0.1) is 0 Å². The lowest BCUT2D eigenvalue weighted by atomic mass is 9.95. The van der Waals surface area contributed by atoms with Gasteiger partial charge in [0.1, 0.15) is 0 Å². The molecule has 0 saturated heterocycles. The van der Waals surface area contributed by atoms with Gasteiger partial charge in [-0.2, -0.15) is 0 Å². The Hall–Kier alpha value is -0.340. The van der Waals surface area contributed by atoms with Crippen LogP contribution in [0.2, 0.25) is 0 Å². The summed E-state index contributed by atoms with van der Waals surface area (Å²) in [6.07, 6.45) is 3.69. The molecule has 0 bridgehead atoms. The molecule has 0 spiro atoms. The molecule has 0 aliphatic carbocycles. The van der Waals surface area contributed by atoms with Crippen LogP contribution in [0.15, 0.2) is 12.1 Å². The highest BCUT2D eigenvalue weighted by atomic mass is 32.1. The predicted molar refractivity (Wildman–Crippen MR) is 79.0 cm³/mol. The number of nitrogens with one attached hydrogen (secondary N) is 1. The monoisotopic (exact) mass is 253 g/mol. The summed E-state index contributed by atoms with van der Waals surface area (Å²) in [5.41, 5.74) is 0.282. The van der Waals surface area contributed by atoms with E-state index in [1.165, 1.54) is 29.0 Å². The van der Waals surface area contributed by atoms with Crippen molar-refractivity contribution in [2.45, 2.75) is 65.3 Å². The van der Waals surface area contributed by atoms with Crippen molar-refractivity contribution in [3.8, 4) is 0 Å². The molecule has 0 aromatic carbocycles. The summed E-state index contributed by atoms with van der Waals surface area (Å²) in [6.45, 7) is 12.5. The molecule has 0 aliphatic rings. The fraction of sp³-hybridized carbons (Fsp3) is 0.733. The van der Waals surface area contributed by atoms with Crippen LogP contribution >= 0.6 is 11.3 Å². The highest BCUT2D eigenvalue weighted by Gasteiger charge is 2.19. The summed E-state index contributed by atoms with van der Waals surface area (Å²) in [7, 11) is 0. The molecule has 0 radical (unpaired) electrons. The van der Waals surface area contributed by atoms with Crippen LogP contribution in [0.4, 0.5) is 0 Å². The topological polar surface area (TPSA) is 12.0 Å². The first-order chi connectivity index (χ1) is 7.99. The van der Waals surface area contributed by atoms with Crippen molar-refractivity contribution < 1.29 is 0 Å². The van der Waals surface area contributed by atoms with E-state index in [1.807, 2.05) is 11.3 Å². The summed E-state index contributed by atoms with van der Waals surface area (Å²) in [5.74, 6) is 0. The molecular formula is C15H27NS. The second-order valence-corrected chi connectivity index (χ2v) is 6.86. The average Bonchev–Trinajstić information content (AvgIpc) is 2.72. The molecule has 1 aromatic heterocycles. The number of rotatable bonds is 6. The third-order valence-electron chi connectivity index (χ3n) is 2.93. The van der Waals surface area contributed by atoms with Crippen LogP contribution in [0.5, 0.6) is 0 Å². The molecule has 1 N–H and O–H groups in total. The zero-order chi connectivity index (χ0) is 12.9. The Bertz CT molecular complexity index is 322. The van der Waals surface area contributed by atoms with E-state index in [9.17, 15) is 0 Å². The Balaban J connectivity index is 2.76. The predicted octanol–water partition coefficient (Wildman–Crippen LogP) is 4.89. The van der Waals surface area contributed by atoms with Gasteiger partial charge in [-0.15, -0.1) is 11.3 Å². The minimum absolute atomic E-state index is 0.282. The standard InChI is InChI=1S/C15H27NS/c1-6-8-12(16-11-7-2)13-9-10-14(17-13)15(3,4)5/h9-10,12,16H,6-8,11H2,1-5H3. The van der Waals surface area contributed by atoms with Gasteiger partial charge in [-0.05, 0) is 36.9 Å². The van der Waals surface area contributed by atoms with Crippen LogP contribution in [0.25, 0.3) is 0 Å². The Labute approximate surface area is 111 Å². The fourth-order valence-electron chi connectivity index (χ4n) is 1.90. The van der Waals surface area contributed by atoms with E-state index >= 15 is 0 Å². The number of hydrogen-bond donors (Lipinski definition) is 1. The minimum Gasteiger partial charge on any atom is -0.309 e. The van der Waals surface area contributed by atoms with E-state index < -0.39 is 0 Å². The summed E-state index contributed by atoms with van der Waals surface area (Å²) in [5, 5.41) is 3.66. The maximum Gasteiger partial charge on any atom is 0.0414 e. The number of thiophene rings is 1. The van der Waals surface area contributed by atoms with Gasteiger partial charge >= 0.3 is 0 Å². The largest absolute Gasteiger partial charge is 0.309 e. The molecular weight excluding hydrogens is 226 g/mol. The second-order valence-electron chi connectivity index (χ2n) is 5.75. The zero-order valence-corrected chi connectivity index (χ0v) is 12.8. The summed E-state index contributed by atoms with van der Waals surface area (Å²) >= 11 is 1.98. The third-order valence-corrected chi connectivity index (χ3v) is 4.55. The van der Waals surface area contributed by atoms with Gasteiger partial charge < -0.3 is 5.32 Å². The normalized spacial score (nSPS) is 13.9. The Kier molecular flexibility index (Phi) is 5.68. The zero-order valence-electron chi connectivity index (χ0n) is 12.0. The van der Waals surface area contributed by atoms with Crippen molar-refractivity contribution in [3.05, 3.63) is 21.9 Å². The molecule has 1 atom stereocenters. The van der Waals surface area contributed by atoms with Gasteiger partial charge in [0.15, 0.2) is 0 Å². The molecule has 1 aromatic rings. The molecule has 0 aliphatic heterocycles. The van der Waals surface area contributed by atoms with Crippen LogP contribution in [0.3, 0.4) is 0 Å². The van der Waals surface area contributed by atoms with Crippen molar-refractivity contribution in [2.75, 3.05) is 6.54 Å². The van der Waals surface area contributed by atoms with E-state index in [4.69, 9.17) is 0 Å². The van der Waals surface area contributed by atoms with Gasteiger partial charge in [-0.1, -0.05) is 41.0 Å². The van der Waals surface area contributed by atoms with Gasteiger partial charge in [-0.3, -0.25) is 0 Å². The van der Waals surface area contributed by atoms with Gasteiger partial charge in [0.2, 0.25) is 0 Å². The Morgan fingerprint density at radius 1 is 1.18 bits per heavy atom. The van der Waals surface area contributed by atoms with Gasteiger partial charge in [-0.25, -0.2) is 0 Å². The van der Waals surface area contributed by atoms with Crippen molar-refractivity contribution >= 4 is 11.3 Å². The first-order valence-corrected chi connectivity index (χ1v) is 7.64. The highest BCUT2D eigenvalue weighted by molar-refractivity contribution is 7.12. The smallest absolute Gasteiger partial charge is 0.0414 e. The van der Waals surface area contributed by atoms with E-state index in [1.54, 1.807) is 0 Å². The van der Waals surface area contributed by atoms with E-state index in [2.05, 4.69) is 52.1 Å². The molecule has 0 amide bonds. The third kappa shape index (κ3) is 4.44. The quantitative estimate of drug-likeness (QED) is 0.761. The summed E-state index contributed by atoms with van der Waals surface area (Å²) < 4.78 is 0. The van der Waals surface area contributed by atoms with Crippen molar-refractivity contribution in [2.24, 2.45) is 0 Å². The Morgan fingerprint density at radius 2 is 1.88 bits per heavy atom. The summed E-state index contributed by atoms with van der Waals surface area (Å²) in [6, 6.07) is 5.17. The maximum atomic E-state index is 3.66. The van der Waals surface area contributed by atoms with E-state index in [0.717, 1.165) is 6.54 Å². The molecule has 17 heavy (non-hydrogen) atoms. The van der Waals surface area contributed by atoms with Crippen LogP contribution in [-0.2, 0) is 5.41 Å². The lowest BCUT2D eigenvalue weighted by Crippen LogP contribution is -2.21. The summed E-state index contributed by atoms with van der Waals surface area (Å²) in [4.78, 5) is 3.00. The molecule has 1 heterocycles. The molecule has 0 saturated carbocycles. The van der Waals surface area contributed by atoms with E-state index in [-0.39, 0.29) is 5.41 Å². The fourth-order valence-corrected chi connectivity index (χ4v) is 3.07. The van der Waals surface area contributed by atoms with Gasteiger partial charge in [0.05, 0.1) is 0 Å². The van der Waals surface area contributed by atoms with Gasteiger partial charge in [0.25, 0.3) is 0 Å². The van der Waals surface area contributed by atoms with Crippen molar-refractivity contribution in [1.82, 2.24) is 5.32 Å². The SMILES string of the molecule is CCCNC(CCC)c1ccc(C(C)(C)C)s1. The molecule has 2 heteroatoms.